The van der Waals surface area contributed by atoms with E-state index in [0.29, 0.717) is 37.2 Å². The van der Waals surface area contributed by atoms with Crippen LogP contribution in [0.5, 0.6) is 5.75 Å². The quantitative estimate of drug-likeness (QED) is 0.377. The first-order valence-corrected chi connectivity index (χ1v) is 12.0. The molecule has 0 saturated heterocycles. The molecule has 4 aromatic rings. The zero-order chi connectivity index (χ0) is 25.1. The van der Waals surface area contributed by atoms with E-state index in [1.54, 1.807) is 0 Å². The first-order valence-electron chi connectivity index (χ1n) is 12.0. The number of aromatic nitrogens is 2. The summed E-state index contributed by atoms with van der Waals surface area (Å²) in [6.45, 7) is 4.93. The Morgan fingerprint density at radius 2 is 1.89 bits per heavy atom. The van der Waals surface area contributed by atoms with Crippen LogP contribution in [-0.2, 0) is 12.8 Å². The molecule has 0 bridgehead atoms. The van der Waals surface area contributed by atoms with Crippen molar-refractivity contribution in [2.75, 3.05) is 13.2 Å². The van der Waals surface area contributed by atoms with Crippen molar-refractivity contribution in [1.82, 2.24) is 20.8 Å². The Labute approximate surface area is 208 Å². The molecule has 1 aliphatic heterocycles. The maximum atomic E-state index is 12.2. The maximum absolute atomic E-state index is 12.2. The Balaban J connectivity index is 1.49. The van der Waals surface area contributed by atoms with Gasteiger partial charge < -0.3 is 10.1 Å². The molecule has 0 atom stereocenters. The van der Waals surface area contributed by atoms with E-state index >= 15 is 0 Å². The number of hydrogen-bond acceptors (Lipinski definition) is 5. The predicted octanol–water partition coefficient (Wildman–Crippen LogP) is 4.48. The van der Waals surface area contributed by atoms with E-state index < -0.39 is 0 Å². The molecule has 1 aliphatic rings. The highest BCUT2D eigenvalue weighted by molar-refractivity contribution is 6.02. The lowest BCUT2D eigenvalue weighted by atomic mass is 9.97. The van der Waals surface area contributed by atoms with Crippen LogP contribution in [0.4, 0.5) is 10.5 Å². The van der Waals surface area contributed by atoms with Gasteiger partial charge in [0.2, 0.25) is 0 Å². The number of fused-ring (bicyclic) bond motifs is 2. The second kappa shape index (κ2) is 10.0. The summed E-state index contributed by atoms with van der Waals surface area (Å²) in [5.74, 6) is 1.41. The van der Waals surface area contributed by atoms with Crippen LogP contribution >= 0.6 is 0 Å². The van der Waals surface area contributed by atoms with Crippen molar-refractivity contribution in [2.24, 2.45) is 4.99 Å². The fourth-order valence-corrected chi connectivity index (χ4v) is 4.45. The lowest BCUT2D eigenvalue weighted by Crippen LogP contribution is -2.39. The minimum atomic E-state index is -0.251. The van der Waals surface area contributed by atoms with Crippen molar-refractivity contribution >= 4 is 28.3 Å². The summed E-state index contributed by atoms with van der Waals surface area (Å²) in [7, 11) is 0. The Morgan fingerprint density at radius 1 is 1.06 bits per heavy atom. The summed E-state index contributed by atoms with van der Waals surface area (Å²) >= 11 is 0. The van der Waals surface area contributed by atoms with Crippen LogP contribution in [0.15, 0.2) is 70.5 Å². The summed E-state index contributed by atoms with van der Waals surface area (Å²) in [5.41, 5.74) is 5.47. The van der Waals surface area contributed by atoms with Crippen molar-refractivity contribution in [3.05, 3.63) is 87.8 Å². The topological polar surface area (TPSA) is 108 Å². The number of carbonyl (C=O) groups is 1. The Morgan fingerprint density at radius 3 is 2.69 bits per heavy atom. The van der Waals surface area contributed by atoms with Crippen molar-refractivity contribution in [3.63, 3.8) is 0 Å². The molecule has 36 heavy (non-hydrogen) atoms. The normalized spacial score (nSPS) is 12.2. The highest BCUT2D eigenvalue weighted by Crippen LogP contribution is 2.37. The minimum absolute atomic E-state index is 0.193. The number of rotatable bonds is 6. The minimum Gasteiger partial charge on any atom is -0.493 e. The molecule has 8 heteroatoms. The van der Waals surface area contributed by atoms with Crippen molar-refractivity contribution < 1.29 is 9.53 Å². The average molecular weight is 482 g/mol. The predicted molar refractivity (Wildman–Crippen MR) is 141 cm³/mol. The van der Waals surface area contributed by atoms with Gasteiger partial charge in [-0.15, -0.1) is 0 Å². The summed E-state index contributed by atoms with van der Waals surface area (Å²) < 4.78 is 5.94. The SMILES string of the molecule is CCNC(=O)NC1=Nc2cc(-c3cc(Cc4n[nH]c(=O)c5ccccc45)ccc3OCC)ccc2C1. The number of carbonyl (C=O) groups excluding carboxylic acids is 1. The van der Waals surface area contributed by atoms with Gasteiger partial charge >= 0.3 is 6.03 Å². The van der Waals surface area contributed by atoms with Gasteiger partial charge in [0.15, 0.2) is 0 Å². The van der Waals surface area contributed by atoms with Gasteiger partial charge in [-0.1, -0.05) is 36.4 Å². The van der Waals surface area contributed by atoms with Gasteiger partial charge in [0.25, 0.3) is 5.56 Å². The number of hydrogen-bond donors (Lipinski definition) is 3. The van der Waals surface area contributed by atoms with Gasteiger partial charge in [-0.3, -0.25) is 10.1 Å². The number of ether oxygens (including phenoxy) is 1. The van der Waals surface area contributed by atoms with Gasteiger partial charge in [0.1, 0.15) is 11.6 Å². The lowest BCUT2D eigenvalue weighted by Gasteiger charge is -2.14. The fourth-order valence-electron chi connectivity index (χ4n) is 4.45. The molecule has 2 amide bonds. The monoisotopic (exact) mass is 481 g/mol. The third-order valence-electron chi connectivity index (χ3n) is 6.10. The van der Waals surface area contributed by atoms with Crippen molar-refractivity contribution in [3.8, 4) is 16.9 Å². The van der Waals surface area contributed by atoms with E-state index in [-0.39, 0.29) is 11.6 Å². The number of nitrogens with one attached hydrogen (secondary N) is 3. The number of aliphatic imine (C=N–C) groups is 1. The standard InChI is InChI=1S/C28H27N5O3/c1-3-29-28(35)31-26-16-19-11-10-18(15-23(19)30-26)22-13-17(9-12-25(22)36-4-2)14-24-20-7-5-6-8-21(20)27(34)33-32-24/h5-13,15H,3-4,14,16H2,1-2H3,(H,33,34)(H2,29,30,31,35). The van der Waals surface area contributed by atoms with Crippen LogP contribution in [0, 0.1) is 0 Å². The molecule has 0 fully saturated rings. The van der Waals surface area contributed by atoms with Crippen LogP contribution in [0.2, 0.25) is 0 Å². The molecular weight excluding hydrogens is 454 g/mol. The first kappa shape index (κ1) is 23.3. The van der Waals surface area contributed by atoms with E-state index in [1.807, 2.05) is 62.4 Å². The van der Waals surface area contributed by atoms with Crippen LogP contribution in [-0.4, -0.2) is 35.2 Å². The molecule has 3 aromatic carbocycles. The van der Waals surface area contributed by atoms with Crippen LogP contribution in [0.25, 0.3) is 21.9 Å². The molecule has 8 nitrogen and oxygen atoms in total. The van der Waals surface area contributed by atoms with E-state index in [9.17, 15) is 9.59 Å². The Bertz CT molecular complexity index is 1540. The summed E-state index contributed by atoms with van der Waals surface area (Å²) in [6, 6.07) is 19.5. The number of benzene rings is 3. The van der Waals surface area contributed by atoms with Crippen LogP contribution in [0.3, 0.4) is 0 Å². The summed E-state index contributed by atoms with van der Waals surface area (Å²) in [4.78, 5) is 28.7. The van der Waals surface area contributed by atoms with E-state index in [4.69, 9.17) is 4.74 Å². The Kier molecular flexibility index (Phi) is 6.49. The van der Waals surface area contributed by atoms with Crippen LogP contribution in [0.1, 0.15) is 30.7 Å². The number of urea groups is 1. The van der Waals surface area contributed by atoms with Crippen molar-refractivity contribution in [2.45, 2.75) is 26.7 Å². The summed E-state index contributed by atoms with van der Waals surface area (Å²) in [6.07, 6.45) is 1.14. The lowest BCUT2D eigenvalue weighted by molar-refractivity contribution is 0.245. The molecule has 0 saturated carbocycles. The largest absolute Gasteiger partial charge is 0.493 e. The van der Waals surface area contributed by atoms with Gasteiger partial charge in [0, 0.05) is 30.3 Å². The molecule has 2 heterocycles. The second-order valence-electron chi connectivity index (χ2n) is 8.55. The molecule has 5 rings (SSSR count). The van der Waals surface area contributed by atoms with Crippen molar-refractivity contribution in [1.29, 1.82) is 0 Å². The molecule has 0 unspecified atom stereocenters. The first-order chi connectivity index (χ1) is 17.6. The molecule has 0 spiro atoms. The number of amides is 2. The van der Waals surface area contributed by atoms with Gasteiger partial charge in [-0.05, 0) is 54.8 Å². The summed E-state index contributed by atoms with van der Waals surface area (Å²) in [5, 5.41) is 14.0. The zero-order valence-corrected chi connectivity index (χ0v) is 20.2. The second-order valence-corrected chi connectivity index (χ2v) is 8.55. The number of nitrogens with zero attached hydrogens (tertiary/aromatic N) is 2. The van der Waals surface area contributed by atoms with E-state index in [2.05, 4.69) is 38.0 Å². The molecule has 3 N–H and O–H groups in total. The van der Waals surface area contributed by atoms with Gasteiger partial charge in [-0.2, -0.15) is 5.10 Å². The molecule has 182 valence electrons. The van der Waals surface area contributed by atoms with Crippen LogP contribution < -0.4 is 20.9 Å². The zero-order valence-electron chi connectivity index (χ0n) is 20.2. The van der Waals surface area contributed by atoms with Gasteiger partial charge in [-0.25, -0.2) is 14.9 Å². The number of H-pyrrole nitrogens is 1. The fraction of sp³-hybridized carbons (Fsp3) is 0.214. The smallest absolute Gasteiger partial charge is 0.320 e. The maximum Gasteiger partial charge on any atom is 0.320 e. The number of amidine groups is 1. The third-order valence-corrected chi connectivity index (χ3v) is 6.10. The molecule has 0 aliphatic carbocycles. The Hall–Kier alpha value is -4.46. The molecule has 0 radical (unpaired) electrons. The highest BCUT2D eigenvalue weighted by atomic mass is 16.5. The molecular formula is C28H27N5O3. The van der Waals surface area contributed by atoms with E-state index in [1.165, 1.54) is 0 Å². The average Bonchev–Trinajstić information content (AvgIpc) is 3.28. The highest BCUT2D eigenvalue weighted by Gasteiger charge is 2.18. The van der Waals surface area contributed by atoms with E-state index in [0.717, 1.165) is 44.8 Å². The molecule has 1 aromatic heterocycles. The third kappa shape index (κ3) is 4.70. The van der Waals surface area contributed by atoms with Gasteiger partial charge in [0.05, 0.1) is 23.4 Å². The number of aromatic amines is 1.